The third-order valence-electron chi connectivity index (χ3n) is 3.70. The van der Waals surface area contributed by atoms with E-state index in [0.717, 1.165) is 0 Å². The number of aromatic nitrogens is 2. The Morgan fingerprint density at radius 3 is 2.39 bits per heavy atom. The van der Waals surface area contributed by atoms with E-state index in [-0.39, 0.29) is 29.8 Å². The normalized spacial score (nSPS) is 11.2. The molecule has 1 heterocycles. The largest absolute Gasteiger partial charge is 0.475 e. The van der Waals surface area contributed by atoms with Crippen LogP contribution in [0.4, 0.5) is 11.5 Å². The van der Waals surface area contributed by atoms with Crippen LogP contribution in [-0.4, -0.2) is 36.7 Å². The molecule has 28 heavy (non-hydrogen) atoms. The van der Waals surface area contributed by atoms with E-state index < -0.39 is 10.0 Å². The predicted molar refractivity (Wildman–Crippen MR) is 107 cm³/mol. The quantitative estimate of drug-likeness (QED) is 0.501. The van der Waals surface area contributed by atoms with Crippen LogP contribution in [0.3, 0.4) is 0 Å². The number of ether oxygens (including phenoxy) is 1. The number of anilines is 2. The van der Waals surface area contributed by atoms with E-state index in [2.05, 4.69) is 14.7 Å². The van der Waals surface area contributed by atoms with E-state index in [9.17, 15) is 8.42 Å². The number of aliphatic hydroxyl groups is 1. The van der Waals surface area contributed by atoms with Gasteiger partial charge in [-0.15, -0.1) is 0 Å². The first-order chi connectivity index (χ1) is 13.4. The van der Waals surface area contributed by atoms with Crippen molar-refractivity contribution in [2.24, 2.45) is 0 Å². The van der Waals surface area contributed by atoms with Crippen molar-refractivity contribution in [3.63, 3.8) is 0 Å². The molecular weight excluding hydrogens is 404 g/mol. The minimum absolute atomic E-state index is 0.0115. The van der Waals surface area contributed by atoms with Crippen LogP contribution in [-0.2, 0) is 10.0 Å². The first-order valence-electron chi connectivity index (χ1n) is 8.13. The molecule has 0 aliphatic rings. The summed E-state index contributed by atoms with van der Waals surface area (Å²) in [7, 11) is -3.93. The molecule has 3 aromatic rings. The van der Waals surface area contributed by atoms with Gasteiger partial charge in [0, 0.05) is 10.7 Å². The Morgan fingerprint density at radius 2 is 1.75 bits per heavy atom. The second-order valence-electron chi connectivity index (χ2n) is 5.66. The highest BCUT2D eigenvalue weighted by Gasteiger charge is 2.21. The summed E-state index contributed by atoms with van der Waals surface area (Å²) in [6.07, 6.45) is 1.17. The van der Waals surface area contributed by atoms with Gasteiger partial charge in [-0.25, -0.2) is 18.4 Å². The highest BCUT2D eigenvalue weighted by atomic mass is 35.5. The van der Waals surface area contributed by atoms with Crippen molar-refractivity contribution in [3.8, 4) is 17.0 Å². The van der Waals surface area contributed by atoms with E-state index in [1.807, 2.05) is 0 Å². The Bertz CT molecular complexity index is 1060. The van der Waals surface area contributed by atoms with Gasteiger partial charge in [0.25, 0.3) is 10.0 Å². The number of nitrogen functional groups attached to an aromatic ring is 1. The molecule has 0 atom stereocenters. The van der Waals surface area contributed by atoms with Crippen LogP contribution in [0.2, 0.25) is 5.02 Å². The molecule has 0 saturated carbocycles. The van der Waals surface area contributed by atoms with Crippen LogP contribution in [0.5, 0.6) is 5.88 Å². The smallest absolute Gasteiger partial charge is 0.263 e. The zero-order valence-corrected chi connectivity index (χ0v) is 16.1. The lowest BCUT2D eigenvalue weighted by Gasteiger charge is -2.15. The molecule has 146 valence electrons. The SMILES string of the molecule is Nc1ccc(-c2c(NS(=O)(=O)c3ccc(Cl)cc3)ncnc2OCCO)cc1. The van der Waals surface area contributed by atoms with E-state index >= 15 is 0 Å². The summed E-state index contributed by atoms with van der Waals surface area (Å²) in [4.78, 5) is 8.16. The fourth-order valence-corrected chi connectivity index (χ4v) is 3.56. The third-order valence-corrected chi connectivity index (χ3v) is 5.30. The summed E-state index contributed by atoms with van der Waals surface area (Å²) >= 11 is 5.83. The Hall–Kier alpha value is -2.88. The number of rotatable bonds is 7. The topological polar surface area (TPSA) is 127 Å². The zero-order valence-electron chi connectivity index (χ0n) is 14.5. The number of nitrogens with zero attached hydrogens (tertiary/aromatic N) is 2. The summed E-state index contributed by atoms with van der Waals surface area (Å²) in [5, 5.41) is 9.46. The van der Waals surface area contributed by atoms with Gasteiger partial charge in [-0.2, -0.15) is 0 Å². The standard InChI is InChI=1S/C18H17ClN4O4S/c19-13-3-7-15(8-4-13)28(25,26)23-17-16(12-1-5-14(20)6-2-12)18(22-11-21-17)27-10-9-24/h1-8,11,24H,9-10,20H2,(H,21,22,23). The molecular formula is C18H17ClN4O4S. The summed E-state index contributed by atoms with van der Waals surface area (Å²) in [6.45, 7) is -0.237. The van der Waals surface area contributed by atoms with E-state index in [4.69, 9.17) is 27.2 Å². The first-order valence-corrected chi connectivity index (χ1v) is 10.00. The number of benzene rings is 2. The molecule has 8 nitrogen and oxygen atoms in total. The van der Waals surface area contributed by atoms with Crippen LogP contribution < -0.4 is 15.2 Å². The molecule has 4 N–H and O–H groups in total. The number of sulfonamides is 1. The average Bonchev–Trinajstić information content (AvgIpc) is 2.67. The van der Waals surface area contributed by atoms with Gasteiger partial charge in [-0.05, 0) is 42.0 Å². The maximum absolute atomic E-state index is 12.8. The third kappa shape index (κ3) is 4.50. The highest BCUT2D eigenvalue weighted by Crippen LogP contribution is 2.35. The van der Waals surface area contributed by atoms with Crippen molar-refractivity contribution in [1.29, 1.82) is 0 Å². The van der Waals surface area contributed by atoms with Crippen LogP contribution in [0.15, 0.2) is 59.8 Å². The lowest BCUT2D eigenvalue weighted by Crippen LogP contribution is -2.16. The van der Waals surface area contributed by atoms with Gasteiger partial charge in [0.2, 0.25) is 5.88 Å². The molecule has 0 bridgehead atoms. The Balaban J connectivity index is 2.07. The van der Waals surface area contributed by atoms with Crippen molar-refractivity contribution in [3.05, 3.63) is 59.9 Å². The molecule has 0 unspecified atom stereocenters. The first kappa shape index (κ1) is 19.9. The molecule has 10 heteroatoms. The van der Waals surface area contributed by atoms with E-state index in [0.29, 0.717) is 21.8 Å². The lowest BCUT2D eigenvalue weighted by molar-refractivity contribution is 0.197. The van der Waals surface area contributed by atoms with Crippen molar-refractivity contribution in [2.75, 3.05) is 23.7 Å². The zero-order chi connectivity index (χ0) is 20.1. The minimum atomic E-state index is -3.93. The molecule has 0 fully saturated rings. The summed E-state index contributed by atoms with van der Waals surface area (Å²) in [5.74, 6) is 0.158. The predicted octanol–water partition coefficient (Wildman–Crippen LogP) is 2.55. The summed E-state index contributed by atoms with van der Waals surface area (Å²) in [6, 6.07) is 12.4. The molecule has 0 aliphatic heterocycles. The number of hydrogen-bond donors (Lipinski definition) is 3. The minimum Gasteiger partial charge on any atom is -0.475 e. The molecule has 2 aromatic carbocycles. The molecule has 1 aromatic heterocycles. The van der Waals surface area contributed by atoms with Gasteiger partial charge in [0.1, 0.15) is 12.9 Å². The average molecular weight is 421 g/mol. The Kier molecular flexibility index (Phi) is 5.98. The monoisotopic (exact) mass is 420 g/mol. The fraction of sp³-hybridized carbons (Fsp3) is 0.111. The van der Waals surface area contributed by atoms with Crippen molar-refractivity contribution in [1.82, 2.24) is 9.97 Å². The maximum atomic E-state index is 12.8. The molecule has 0 spiro atoms. The fourth-order valence-electron chi connectivity index (χ4n) is 2.41. The molecule has 0 saturated heterocycles. The van der Waals surface area contributed by atoms with Gasteiger partial charge in [-0.1, -0.05) is 23.7 Å². The van der Waals surface area contributed by atoms with Crippen LogP contribution in [0.25, 0.3) is 11.1 Å². The van der Waals surface area contributed by atoms with Gasteiger partial charge < -0.3 is 15.6 Å². The Morgan fingerprint density at radius 1 is 1.07 bits per heavy atom. The number of halogens is 1. The molecule has 0 amide bonds. The molecule has 0 radical (unpaired) electrons. The van der Waals surface area contributed by atoms with Gasteiger partial charge in [0.05, 0.1) is 17.1 Å². The van der Waals surface area contributed by atoms with Crippen LogP contribution >= 0.6 is 11.6 Å². The lowest BCUT2D eigenvalue weighted by atomic mass is 10.1. The number of nitrogens with two attached hydrogens (primary N) is 1. The van der Waals surface area contributed by atoms with Crippen molar-refractivity contribution in [2.45, 2.75) is 4.90 Å². The van der Waals surface area contributed by atoms with Gasteiger partial charge in [-0.3, -0.25) is 4.72 Å². The summed E-state index contributed by atoms with van der Waals surface area (Å²) in [5.41, 5.74) is 7.20. The highest BCUT2D eigenvalue weighted by molar-refractivity contribution is 7.92. The number of aliphatic hydroxyl groups excluding tert-OH is 1. The van der Waals surface area contributed by atoms with E-state index in [1.165, 1.54) is 30.6 Å². The second-order valence-corrected chi connectivity index (χ2v) is 7.77. The molecule has 3 rings (SSSR count). The number of hydrogen-bond acceptors (Lipinski definition) is 7. The Labute approximate surface area is 167 Å². The maximum Gasteiger partial charge on any atom is 0.263 e. The molecule has 0 aliphatic carbocycles. The van der Waals surface area contributed by atoms with Crippen molar-refractivity contribution >= 4 is 33.1 Å². The van der Waals surface area contributed by atoms with Gasteiger partial charge in [0.15, 0.2) is 5.82 Å². The van der Waals surface area contributed by atoms with Crippen LogP contribution in [0, 0.1) is 0 Å². The van der Waals surface area contributed by atoms with Crippen LogP contribution in [0.1, 0.15) is 0 Å². The second kappa shape index (κ2) is 8.42. The number of nitrogens with one attached hydrogen (secondary N) is 1. The van der Waals surface area contributed by atoms with Gasteiger partial charge >= 0.3 is 0 Å². The van der Waals surface area contributed by atoms with E-state index in [1.54, 1.807) is 24.3 Å². The summed E-state index contributed by atoms with van der Waals surface area (Å²) < 4.78 is 33.4. The van der Waals surface area contributed by atoms with Crippen molar-refractivity contribution < 1.29 is 18.3 Å².